The van der Waals surface area contributed by atoms with Crippen molar-refractivity contribution in [3.63, 3.8) is 0 Å². The maximum Gasteiger partial charge on any atom is 4.00 e. The van der Waals surface area contributed by atoms with Crippen LogP contribution in [-0.4, -0.2) is 89.4 Å². The van der Waals surface area contributed by atoms with Gasteiger partial charge in [-0.2, -0.15) is 0 Å². The van der Waals surface area contributed by atoms with Gasteiger partial charge in [0.05, 0.1) is 0 Å². The molecule has 17 heteroatoms. The van der Waals surface area contributed by atoms with E-state index in [0.717, 1.165) is 0 Å². The Morgan fingerprint density at radius 1 is 0.474 bits per heavy atom. The molecule has 0 aliphatic heterocycles. The van der Waals surface area contributed by atoms with E-state index in [-0.39, 0.29) is 27.3 Å². The molecule has 0 saturated carbocycles. The molecule has 0 aromatic heterocycles. The van der Waals surface area contributed by atoms with E-state index in [9.17, 15) is 51.9 Å². The maximum atomic E-state index is 9.51. The van der Waals surface area contributed by atoms with Gasteiger partial charge in [-0.05, 0) is 0 Å². The minimum absolute atomic E-state index is 0. The molecule has 19 heavy (non-hydrogen) atoms. The van der Waals surface area contributed by atoms with Crippen LogP contribution >= 0.6 is 0 Å². The summed E-state index contributed by atoms with van der Waals surface area (Å²) in [6, 6.07) is 0. The van der Waals surface area contributed by atoms with Crippen LogP contribution in [0.15, 0.2) is 0 Å². The minimum Gasteiger partial charge on any atom is -0.747 e. The zero-order valence-electron chi connectivity index (χ0n) is 8.45. The van der Waals surface area contributed by atoms with Crippen LogP contribution in [-0.2, 0) is 40.5 Å². The quantitative estimate of drug-likeness (QED) is 0.237. The standard InChI is InChI=1S/2CH4O6S2.Pb/c2*2-8(3,4)1-9(5,6)7;/h2*1H2,(H,2,3,4)(H,5,6,7);/q;;+4/p-4. The van der Waals surface area contributed by atoms with Crippen molar-refractivity contribution in [2.24, 2.45) is 0 Å². The van der Waals surface area contributed by atoms with Gasteiger partial charge in [-0.3, -0.25) is 0 Å². The molecule has 112 valence electrons. The first-order valence-corrected chi connectivity index (χ1v) is 9.46. The van der Waals surface area contributed by atoms with Crippen LogP contribution in [0.3, 0.4) is 0 Å². The summed E-state index contributed by atoms with van der Waals surface area (Å²) in [7, 11) is -19.7. The maximum absolute atomic E-state index is 9.51. The fourth-order valence-electron chi connectivity index (χ4n) is 0.354. The van der Waals surface area contributed by atoms with E-state index >= 15 is 0 Å². The zero-order valence-corrected chi connectivity index (χ0v) is 15.6. The van der Waals surface area contributed by atoms with Gasteiger partial charge >= 0.3 is 27.3 Å². The SMILES string of the molecule is O=S(=O)([O-])CS(=O)(=O)[O-].O=S(=O)([O-])CS(=O)(=O)[O-].[Pb+4]. The fraction of sp³-hybridized carbons (Fsp3) is 1.00. The van der Waals surface area contributed by atoms with Gasteiger partial charge < -0.3 is 18.2 Å². The van der Waals surface area contributed by atoms with Crippen molar-refractivity contribution in [1.29, 1.82) is 0 Å². The average molecular weight is 556 g/mol. The predicted molar refractivity (Wildman–Crippen MR) is 54.3 cm³/mol. The van der Waals surface area contributed by atoms with E-state index in [1.807, 2.05) is 0 Å². The van der Waals surface area contributed by atoms with Crippen LogP contribution in [0.2, 0.25) is 0 Å². The summed E-state index contributed by atoms with van der Waals surface area (Å²) in [5.41, 5.74) is 0. The molecule has 0 saturated heterocycles. The summed E-state index contributed by atoms with van der Waals surface area (Å²) in [6.45, 7) is 0. The van der Waals surface area contributed by atoms with Crippen LogP contribution in [0.5, 0.6) is 0 Å². The fourth-order valence-corrected chi connectivity index (χ4v) is 3.18. The van der Waals surface area contributed by atoms with Crippen molar-refractivity contribution in [2.45, 2.75) is 0 Å². The largest absolute Gasteiger partial charge is 4.00 e. The van der Waals surface area contributed by atoms with E-state index in [1.165, 1.54) is 0 Å². The monoisotopic (exact) mass is 556 g/mol. The smallest absolute Gasteiger partial charge is 0.747 e. The molecular formula is C2H4O12PbS4. The summed E-state index contributed by atoms with van der Waals surface area (Å²) in [5.74, 6) is 0. The molecule has 0 fully saturated rings. The van der Waals surface area contributed by atoms with Gasteiger partial charge in [-0.25, -0.2) is 33.7 Å². The Bertz CT molecular complexity index is 540. The van der Waals surface area contributed by atoms with Crippen LogP contribution in [0, 0.1) is 0 Å². The van der Waals surface area contributed by atoms with Crippen molar-refractivity contribution in [1.82, 2.24) is 0 Å². The zero-order chi connectivity index (χ0) is 15.4. The molecule has 0 aliphatic rings. The van der Waals surface area contributed by atoms with E-state index in [4.69, 9.17) is 0 Å². The summed E-state index contributed by atoms with van der Waals surface area (Å²) in [6.07, 6.45) is 0. The summed E-state index contributed by atoms with van der Waals surface area (Å²) >= 11 is 0. The van der Waals surface area contributed by atoms with Crippen molar-refractivity contribution >= 4 is 67.8 Å². The van der Waals surface area contributed by atoms with E-state index in [0.29, 0.717) is 0 Å². The summed E-state index contributed by atoms with van der Waals surface area (Å²) in [5, 5.41) is -3.75. The summed E-state index contributed by atoms with van der Waals surface area (Å²) in [4.78, 5) is 0. The minimum atomic E-state index is -4.93. The molecule has 0 unspecified atom stereocenters. The van der Waals surface area contributed by atoms with Gasteiger partial charge in [-0.15, -0.1) is 0 Å². The topological polar surface area (TPSA) is 229 Å². The number of hydrogen-bond donors (Lipinski definition) is 0. The Balaban J connectivity index is -0.000000256. The van der Waals surface area contributed by atoms with Crippen LogP contribution in [0.4, 0.5) is 0 Å². The van der Waals surface area contributed by atoms with Crippen molar-refractivity contribution in [3.05, 3.63) is 0 Å². The van der Waals surface area contributed by atoms with Gasteiger partial charge in [0.25, 0.3) is 0 Å². The Morgan fingerprint density at radius 3 is 0.579 bits per heavy atom. The Labute approximate surface area is 129 Å². The second kappa shape index (κ2) is 8.11. The van der Waals surface area contributed by atoms with Crippen molar-refractivity contribution in [2.75, 3.05) is 10.2 Å². The second-order valence-corrected chi connectivity index (χ2v) is 8.81. The molecule has 0 radical (unpaired) electrons. The van der Waals surface area contributed by atoms with E-state index in [2.05, 4.69) is 0 Å². The average Bonchev–Trinajstić information content (AvgIpc) is 1.64. The molecule has 0 amide bonds. The van der Waals surface area contributed by atoms with Gasteiger partial charge in [-0.1, -0.05) is 0 Å². The van der Waals surface area contributed by atoms with Crippen molar-refractivity contribution in [3.8, 4) is 0 Å². The van der Waals surface area contributed by atoms with Crippen LogP contribution in [0.1, 0.15) is 0 Å². The van der Waals surface area contributed by atoms with Gasteiger partial charge in [0, 0.05) is 0 Å². The third kappa shape index (κ3) is 32.3. The Morgan fingerprint density at radius 2 is 0.579 bits per heavy atom. The first kappa shape index (κ1) is 24.6. The summed E-state index contributed by atoms with van der Waals surface area (Å²) < 4.78 is 114. The molecular weight excluding hydrogens is 551 g/mol. The second-order valence-electron chi connectivity index (χ2n) is 2.47. The normalized spacial score (nSPS) is 12.8. The van der Waals surface area contributed by atoms with E-state index < -0.39 is 50.6 Å². The Hall–Kier alpha value is 0.562. The molecule has 0 N–H and O–H groups in total. The van der Waals surface area contributed by atoms with Gasteiger partial charge in [0.1, 0.15) is 50.6 Å². The Kier molecular flexibility index (Phi) is 10.5. The number of rotatable bonds is 4. The van der Waals surface area contributed by atoms with Crippen LogP contribution < -0.4 is 0 Å². The molecule has 0 heterocycles. The molecule has 0 rings (SSSR count). The van der Waals surface area contributed by atoms with Gasteiger partial charge in [0.15, 0.2) is 0 Å². The first-order valence-electron chi connectivity index (χ1n) is 3.15. The molecule has 0 spiro atoms. The third-order valence-corrected chi connectivity index (χ3v) is 5.20. The van der Waals surface area contributed by atoms with E-state index in [1.54, 1.807) is 0 Å². The molecule has 0 aliphatic carbocycles. The predicted octanol–water partition coefficient (Wildman–Crippen LogP) is -4.31. The first-order chi connectivity index (χ1) is 7.41. The third-order valence-electron chi connectivity index (χ3n) is 0.577. The molecule has 0 aromatic rings. The molecule has 0 atom stereocenters. The van der Waals surface area contributed by atoms with Crippen molar-refractivity contribution < 1.29 is 51.9 Å². The molecule has 0 bridgehead atoms. The van der Waals surface area contributed by atoms with Gasteiger partial charge in [0.2, 0.25) is 0 Å². The van der Waals surface area contributed by atoms with Crippen LogP contribution in [0.25, 0.3) is 0 Å². The number of hydrogen-bond acceptors (Lipinski definition) is 12. The molecule has 0 aromatic carbocycles. The molecule has 12 nitrogen and oxygen atoms in total.